The van der Waals surface area contributed by atoms with E-state index in [0.29, 0.717) is 0 Å². The zero-order valence-electron chi connectivity index (χ0n) is 10.5. The third-order valence-corrected chi connectivity index (χ3v) is 3.96. The molecule has 3 rings (SSSR count). The van der Waals surface area contributed by atoms with Crippen LogP contribution in [-0.4, -0.2) is 49.2 Å². The molecule has 0 radical (unpaired) electrons. The predicted molar refractivity (Wildman–Crippen MR) is 68.6 cm³/mol. The minimum absolute atomic E-state index is 0.889. The molecule has 0 unspecified atom stereocenters. The van der Waals surface area contributed by atoms with Crippen molar-refractivity contribution in [3.63, 3.8) is 0 Å². The fourth-order valence-electron chi connectivity index (χ4n) is 2.97. The van der Waals surface area contributed by atoms with Crippen molar-refractivity contribution in [2.24, 2.45) is 0 Å². The maximum atomic E-state index is 5.42. The summed E-state index contributed by atoms with van der Waals surface area (Å²) in [7, 11) is 0. The number of morpholine rings is 1. The molecule has 1 aliphatic carbocycles. The summed E-state index contributed by atoms with van der Waals surface area (Å²) in [5.74, 6) is 0. The van der Waals surface area contributed by atoms with E-state index in [-0.39, 0.29) is 0 Å². The molecule has 94 valence electrons. The van der Waals surface area contributed by atoms with Crippen LogP contribution in [0.25, 0.3) is 0 Å². The molecule has 2 saturated heterocycles. The Hall–Kier alpha value is -0.960. The smallest absolute Gasteiger partial charge is 0.0642 e. The van der Waals surface area contributed by atoms with Crippen molar-refractivity contribution >= 4 is 0 Å². The fraction of sp³-hybridized carbons (Fsp3) is 0.714. The van der Waals surface area contributed by atoms with Crippen LogP contribution >= 0.6 is 0 Å². The lowest BCUT2D eigenvalue weighted by atomic mass is 10.1. The zero-order chi connectivity index (χ0) is 11.5. The molecule has 3 heteroatoms. The Kier molecular flexibility index (Phi) is 3.36. The van der Waals surface area contributed by atoms with Crippen LogP contribution in [0.5, 0.6) is 0 Å². The highest BCUT2D eigenvalue weighted by atomic mass is 16.5. The van der Waals surface area contributed by atoms with Gasteiger partial charge in [-0.2, -0.15) is 0 Å². The topological polar surface area (TPSA) is 15.7 Å². The molecule has 0 saturated carbocycles. The summed E-state index contributed by atoms with van der Waals surface area (Å²) in [6.07, 6.45) is 9.96. The van der Waals surface area contributed by atoms with E-state index in [4.69, 9.17) is 4.74 Å². The first kappa shape index (κ1) is 11.1. The molecular weight excluding hydrogens is 212 g/mol. The van der Waals surface area contributed by atoms with Gasteiger partial charge in [-0.1, -0.05) is 6.08 Å². The van der Waals surface area contributed by atoms with E-state index >= 15 is 0 Å². The van der Waals surface area contributed by atoms with Gasteiger partial charge in [-0.05, 0) is 31.8 Å². The number of hydrogen-bond donors (Lipinski definition) is 0. The van der Waals surface area contributed by atoms with Gasteiger partial charge < -0.3 is 14.5 Å². The van der Waals surface area contributed by atoms with Crippen molar-refractivity contribution < 1.29 is 4.74 Å². The van der Waals surface area contributed by atoms with Crippen LogP contribution in [0.1, 0.15) is 25.7 Å². The Morgan fingerprint density at radius 1 is 0.941 bits per heavy atom. The van der Waals surface area contributed by atoms with Crippen molar-refractivity contribution in [3.8, 4) is 0 Å². The minimum atomic E-state index is 0.889. The molecule has 2 fully saturated rings. The van der Waals surface area contributed by atoms with Gasteiger partial charge in [0.2, 0.25) is 0 Å². The second kappa shape index (κ2) is 5.13. The first-order valence-electron chi connectivity index (χ1n) is 6.92. The van der Waals surface area contributed by atoms with Gasteiger partial charge in [-0.3, -0.25) is 0 Å². The van der Waals surface area contributed by atoms with Gasteiger partial charge in [-0.25, -0.2) is 0 Å². The Bertz CT molecular complexity index is 323. The summed E-state index contributed by atoms with van der Waals surface area (Å²) in [6.45, 7) is 6.41. The number of ether oxygens (including phenoxy) is 1. The highest BCUT2D eigenvalue weighted by molar-refractivity contribution is 5.27. The van der Waals surface area contributed by atoms with E-state index in [2.05, 4.69) is 22.0 Å². The largest absolute Gasteiger partial charge is 0.378 e. The Balaban J connectivity index is 1.69. The van der Waals surface area contributed by atoms with Crippen LogP contribution in [0.15, 0.2) is 23.5 Å². The van der Waals surface area contributed by atoms with Crippen LogP contribution in [0, 0.1) is 0 Å². The van der Waals surface area contributed by atoms with Gasteiger partial charge in [0, 0.05) is 37.6 Å². The maximum absolute atomic E-state index is 5.42. The number of allylic oxidation sites excluding steroid dienone is 3. The normalized spacial score (nSPS) is 25.9. The minimum Gasteiger partial charge on any atom is -0.378 e. The van der Waals surface area contributed by atoms with Gasteiger partial charge >= 0.3 is 0 Å². The number of nitrogens with zero attached hydrogens (tertiary/aromatic N) is 2. The summed E-state index contributed by atoms with van der Waals surface area (Å²) in [5, 5.41) is 0. The summed E-state index contributed by atoms with van der Waals surface area (Å²) in [5.41, 5.74) is 2.99. The molecule has 17 heavy (non-hydrogen) atoms. The van der Waals surface area contributed by atoms with Crippen molar-refractivity contribution in [2.75, 3.05) is 39.4 Å². The Morgan fingerprint density at radius 3 is 2.47 bits per heavy atom. The van der Waals surface area contributed by atoms with Crippen LogP contribution in [-0.2, 0) is 4.74 Å². The van der Waals surface area contributed by atoms with Crippen molar-refractivity contribution in [1.82, 2.24) is 9.80 Å². The van der Waals surface area contributed by atoms with E-state index in [1.165, 1.54) is 50.2 Å². The third-order valence-electron chi connectivity index (χ3n) is 3.96. The number of likely N-dealkylation sites (tertiary alicyclic amines) is 1. The van der Waals surface area contributed by atoms with E-state index in [1.54, 1.807) is 0 Å². The van der Waals surface area contributed by atoms with E-state index < -0.39 is 0 Å². The first-order valence-corrected chi connectivity index (χ1v) is 6.92. The highest BCUT2D eigenvalue weighted by Crippen LogP contribution is 2.25. The van der Waals surface area contributed by atoms with Gasteiger partial charge in [0.1, 0.15) is 0 Å². The highest BCUT2D eigenvalue weighted by Gasteiger charge is 2.19. The van der Waals surface area contributed by atoms with Gasteiger partial charge in [0.15, 0.2) is 0 Å². The molecule has 3 aliphatic rings. The quantitative estimate of drug-likeness (QED) is 0.726. The van der Waals surface area contributed by atoms with Crippen molar-refractivity contribution in [1.29, 1.82) is 0 Å². The number of rotatable bonds is 2. The molecule has 0 aromatic heterocycles. The van der Waals surface area contributed by atoms with Crippen molar-refractivity contribution in [3.05, 3.63) is 23.5 Å². The summed E-state index contributed by atoms with van der Waals surface area (Å²) < 4.78 is 5.42. The monoisotopic (exact) mass is 234 g/mol. The zero-order valence-corrected chi connectivity index (χ0v) is 10.5. The molecule has 0 atom stereocenters. The molecular formula is C14H22N2O. The van der Waals surface area contributed by atoms with Crippen molar-refractivity contribution in [2.45, 2.75) is 25.7 Å². The molecule has 0 aromatic rings. The van der Waals surface area contributed by atoms with Gasteiger partial charge in [0.05, 0.1) is 13.2 Å². The fourth-order valence-corrected chi connectivity index (χ4v) is 2.97. The average Bonchev–Trinajstić information content (AvgIpc) is 2.94. The second-order valence-corrected chi connectivity index (χ2v) is 5.10. The molecule has 0 N–H and O–H groups in total. The SMILES string of the molecule is C1=C(N2CCCC2)C=C(N2CCOCC2)CC1. The van der Waals surface area contributed by atoms with Gasteiger partial charge in [0.25, 0.3) is 0 Å². The number of hydrogen-bond acceptors (Lipinski definition) is 3. The lowest BCUT2D eigenvalue weighted by Crippen LogP contribution is -2.36. The van der Waals surface area contributed by atoms with E-state index in [1.807, 2.05) is 0 Å². The third kappa shape index (κ3) is 2.49. The van der Waals surface area contributed by atoms with E-state index in [9.17, 15) is 0 Å². The standard InChI is InChI=1S/C14H22N2O/c1-2-7-15(6-1)13-4-3-5-14(12-13)16-8-10-17-11-9-16/h4,12H,1-3,5-11H2. The molecule has 3 nitrogen and oxygen atoms in total. The summed E-state index contributed by atoms with van der Waals surface area (Å²) in [4.78, 5) is 5.05. The molecule has 2 heterocycles. The lowest BCUT2D eigenvalue weighted by molar-refractivity contribution is 0.0518. The maximum Gasteiger partial charge on any atom is 0.0642 e. The Morgan fingerprint density at radius 2 is 1.71 bits per heavy atom. The van der Waals surface area contributed by atoms with Crippen LogP contribution in [0.3, 0.4) is 0 Å². The molecule has 0 aromatic carbocycles. The Labute approximate surface area is 104 Å². The molecule has 0 spiro atoms. The van der Waals surface area contributed by atoms with Crippen LogP contribution < -0.4 is 0 Å². The predicted octanol–water partition coefficient (Wildman–Crippen LogP) is 1.98. The second-order valence-electron chi connectivity index (χ2n) is 5.10. The average molecular weight is 234 g/mol. The first-order chi connectivity index (χ1) is 8.43. The van der Waals surface area contributed by atoms with Crippen LogP contribution in [0.4, 0.5) is 0 Å². The van der Waals surface area contributed by atoms with Gasteiger partial charge in [-0.15, -0.1) is 0 Å². The van der Waals surface area contributed by atoms with Crippen LogP contribution in [0.2, 0.25) is 0 Å². The summed E-state index contributed by atoms with van der Waals surface area (Å²) >= 11 is 0. The van der Waals surface area contributed by atoms with E-state index in [0.717, 1.165) is 26.3 Å². The summed E-state index contributed by atoms with van der Waals surface area (Å²) in [6, 6.07) is 0. The lowest BCUT2D eigenvalue weighted by Gasteiger charge is -2.33. The molecule has 0 bridgehead atoms. The molecule has 2 aliphatic heterocycles. The molecule has 0 amide bonds.